The lowest BCUT2D eigenvalue weighted by atomic mass is 10.2. The van der Waals surface area contributed by atoms with Gasteiger partial charge in [-0.2, -0.15) is 5.26 Å². The minimum Gasteiger partial charge on any atom is -0.444 e. The Morgan fingerprint density at radius 1 is 0.968 bits per heavy atom. The van der Waals surface area contributed by atoms with E-state index in [9.17, 15) is 10.1 Å². The second-order valence-electron chi connectivity index (χ2n) is 9.68. The lowest BCUT2D eigenvalue weighted by Crippen LogP contribution is -2.67. The van der Waals surface area contributed by atoms with Crippen molar-refractivity contribution in [3.05, 3.63) is 60.7 Å². The van der Waals surface area contributed by atoms with Gasteiger partial charge in [0, 0.05) is 0 Å². The molecular formula is C25H34N2O3Si. The first-order chi connectivity index (χ1) is 14.5. The molecule has 2 aromatic rings. The normalized spacial score (nSPS) is 13.2. The van der Waals surface area contributed by atoms with Crippen molar-refractivity contribution in [3.63, 3.8) is 0 Å². The molecule has 1 N–H and O–H groups in total. The zero-order chi connectivity index (χ0) is 23.1. The highest BCUT2D eigenvalue weighted by molar-refractivity contribution is 6.99. The van der Waals surface area contributed by atoms with Crippen LogP contribution in [0.5, 0.6) is 0 Å². The molecule has 0 saturated carbocycles. The zero-order valence-electron chi connectivity index (χ0n) is 19.4. The molecule has 0 radical (unpaired) electrons. The van der Waals surface area contributed by atoms with Crippen molar-refractivity contribution in [2.24, 2.45) is 0 Å². The van der Waals surface area contributed by atoms with Crippen LogP contribution in [-0.4, -0.2) is 32.7 Å². The third-order valence-electron chi connectivity index (χ3n) is 4.98. The van der Waals surface area contributed by atoms with Crippen molar-refractivity contribution in [1.29, 1.82) is 5.26 Å². The molecule has 0 unspecified atom stereocenters. The van der Waals surface area contributed by atoms with Gasteiger partial charge in [-0.15, -0.1) is 0 Å². The molecule has 0 aliphatic heterocycles. The molecule has 0 aliphatic carbocycles. The molecule has 2 aromatic carbocycles. The number of amides is 1. The summed E-state index contributed by atoms with van der Waals surface area (Å²) in [5, 5.41) is 14.3. The number of hydrogen-bond acceptors (Lipinski definition) is 4. The van der Waals surface area contributed by atoms with Crippen LogP contribution in [0.15, 0.2) is 60.7 Å². The van der Waals surface area contributed by atoms with E-state index in [4.69, 9.17) is 9.16 Å². The molecule has 1 amide bonds. The molecule has 5 nitrogen and oxygen atoms in total. The van der Waals surface area contributed by atoms with Crippen molar-refractivity contribution >= 4 is 24.8 Å². The van der Waals surface area contributed by atoms with E-state index in [2.05, 4.69) is 56.4 Å². The number of carbonyl (C=O) groups is 1. The topological polar surface area (TPSA) is 71.3 Å². The van der Waals surface area contributed by atoms with Crippen LogP contribution in [0.25, 0.3) is 0 Å². The molecule has 0 spiro atoms. The Balaban J connectivity index is 2.41. The van der Waals surface area contributed by atoms with Gasteiger partial charge in [0.1, 0.15) is 5.60 Å². The van der Waals surface area contributed by atoms with Crippen LogP contribution in [0, 0.1) is 11.3 Å². The maximum absolute atomic E-state index is 12.3. The second kappa shape index (κ2) is 10.1. The molecule has 0 fully saturated rings. The number of ether oxygens (including phenoxy) is 1. The van der Waals surface area contributed by atoms with Gasteiger partial charge in [-0.3, -0.25) is 0 Å². The van der Waals surface area contributed by atoms with E-state index in [1.807, 2.05) is 57.2 Å². The first-order valence-corrected chi connectivity index (χ1v) is 12.5. The molecule has 0 bridgehead atoms. The fraction of sp³-hybridized carbons (Fsp3) is 0.440. The van der Waals surface area contributed by atoms with Gasteiger partial charge >= 0.3 is 6.09 Å². The summed E-state index contributed by atoms with van der Waals surface area (Å²) in [6.45, 7) is 12.2. The van der Waals surface area contributed by atoms with Gasteiger partial charge < -0.3 is 14.5 Å². The van der Waals surface area contributed by atoms with Crippen LogP contribution in [0.4, 0.5) is 4.79 Å². The average Bonchev–Trinajstić information content (AvgIpc) is 2.67. The number of benzene rings is 2. The predicted octanol–water partition coefficient (Wildman–Crippen LogP) is 4.37. The highest BCUT2D eigenvalue weighted by Crippen LogP contribution is 2.36. The number of carbonyl (C=O) groups excluding carboxylic acids is 1. The van der Waals surface area contributed by atoms with Crippen molar-refractivity contribution in [2.45, 2.75) is 64.6 Å². The summed E-state index contributed by atoms with van der Waals surface area (Å²) in [5.41, 5.74) is -0.611. The number of nitrogens with zero attached hydrogens (tertiary/aromatic N) is 1. The summed E-state index contributed by atoms with van der Waals surface area (Å²) < 4.78 is 12.2. The average molecular weight is 439 g/mol. The van der Waals surface area contributed by atoms with E-state index in [1.54, 1.807) is 0 Å². The van der Waals surface area contributed by atoms with E-state index in [0.29, 0.717) is 0 Å². The number of nitriles is 1. The molecule has 31 heavy (non-hydrogen) atoms. The lowest BCUT2D eigenvalue weighted by molar-refractivity contribution is 0.0487. The van der Waals surface area contributed by atoms with Crippen LogP contribution < -0.4 is 15.7 Å². The molecule has 0 aliphatic rings. The minimum atomic E-state index is -2.74. The third kappa shape index (κ3) is 6.43. The Hall–Kier alpha value is -2.62. The second-order valence-corrected chi connectivity index (χ2v) is 14.0. The van der Waals surface area contributed by atoms with E-state index in [0.717, 1.165) is 10.4 Å². The van der Waals surface area contributed by atoms with Gasteiger partial charge in [-0.25, -0.2) is 4.79 Å². The van der Waals surface area contributed by atoms with Crippen LogP contribution in [0.2, 0.25) is 5.04 Å². The maximum atomic E-state index is 12.3. The number of nitrogens with one attached hydrogen (secondary N) is 1. The molecule has 166 valence electrons. The van der Waals surface area contributed by atoms with Gasteiger partial charge in [0.15, 0.2) is 0 Å². The van der Waals surface area contributed by atoms with Crippen molar-refractivity contribution in [2.75, 3.05) is 6.61 Å². The summed E-state index contributed by atoms with van der Waals surface area (Å²) in [7, 11) is -2.74. The lowest BCUT2D eigenvalue weighted by Gasteiger charge is -2.43. The largest absolute Gasteiger partial charge is 0.444 e. The Kier molecular flexibility index (Phi) is 8.05. The van der Waals surface area contributed by atoms with Gasteiger partial charge in [0.2, 0.25) is 0 Å². The van der Waals surface area contributed by atoms with Crippen molar-refractivity contribution in [3.8, 4) is 6.07 Å². The fourth-order valence-corrected chi connectivity index (χ4v) is 8.33. The number of alkyl carbamates (subject to hydrolysis) is 1. The van der Waals surface area contributed by atoms with Crippen molar-refractivity contribution in [1.82, 2.24) is 5.32 Å². The first-order valence-electron chi connectivity index (χ1n) is 10.6. The number of rotatable bonds is 7. The summed E-state index contributed by atoms with van der Waals surface area (Å²) in [5.74, 6) is 0. The molecule has 2 rings (SSSR count). The number of hydrogen-bond donors (Lipinski definition) is 1. The summed E-state index contributed by atoms with van der Waals surface area (Å²) in [6.07, 6.45) is -0.406. The highest BCUT2D eigenvalue weighted by Gasteiger charge is 2.50. The van der Waals surface area contributed by atoms with Gasteiger partial charge in [-0.1, -0.05) is 81.4 Å². The van der Waals surface area contributed by atoms with E-state index < -0.39 is 26.1 Å². The third-order valence-corrected chi connectivity index (χ3v) is 9.98. The summed E-state index contributed by atoms with van der Waals surface area (Å²) >= 11 is 0. The summed E-state index contributed by atoms with van der Waals surface area (Å²) in [6, 6.07) is 22.3. The zero-order valence-corrected chi connectivity index (χ0v) is 20.4. The van der Waals surface area contributed by atoms with Crippen molar-refractivity contribution < 1.29 is 14.0 Å². The van der Waals surface area contributed by atoms with Gasteiger partial charge in [0.25, 0.3) is 8.32 Å². The molecule has 0 aromatic heterocycles. The molecule has 6 heteroatoms. The molecule has 0 heterocycles. The Bertz CT molecular complexity index is 841. The predicted molar refractivity (Wildman–Crippen MR) is 127 cm³/mol. The minimum absolute atomic E-state index is 0.136. The van der Waals surface area contributed by atoms with Crippen LogP contribution >= 0.6 is 0 Å². The Morgan fingerprint density at radius 3 is 1.84 bits per heavy atom. The SMILES string of the molecule is CC(C)(C)OC(=O)N[C@H](CC#N)CO[Si](c1ccccc1)(c1ccccc1)C(C)(C)C. The molecule has 0 saturated heterocycles. The van der Waals surface area contributed by atoms with Gasteiger partial charge in [0.05, 0.1) is 25.1 Å². The quantitative estimate of drug-likeness (QED) is 0.652. The van der Waals surface area contributed by atoms with Gasteiger partial charge in [-0.05, 0) is 36.2 Å². The first kappa shape index (κ1) is 24.6. The highest BCUT2D eigenvalue weighted by atomic mass is 28.4. The van der Waals surface area contributed by atoms with E-state index >= 15 is 0 Å². The fourth-order valence-electron chi connectivity index (χ4n) is 3.72. The van der Waals surface area contributed by atoms with E-state index in [1.165, 1.54) is 0 Å². The Labute approximate surface area is 187 Å². The summed E-state index contributed by atoms with van der Waals surface area (Å²) in [4.78, 5) is 12.3. The molecule has 1 atom stereocenters. The smallest absolute Gasteiger partial charge is 0.407 e. The monoisotopic (exact) mass is 438 g/mol. The van der Waals surface area contributed by atoms with Crippen LogP contribution in [0.1, 0.15) is 48.0 Å². The maximum Gasteiger partial charge on any atom is 0.407 e. The van der Waals surface area contributed by atoms with Crippen LogP contribution in [-0.2, 0) is 9.16 Å². The van der Waals surface area contributed by atoms with E-state index in [-0.39, 0.29) is 18.1 Å². The standard InChI is InChI=1S/C25H34N2O3Si/c1-24(2,3)30-23(28)27-20(17-18-26)19-29-31(25(4,5)6,21-13-9-7-10-14-21)22-15-11-8-12-16-22/h7-16,20H,17,19H2,1-6H3,(H,27,28)/t20-/m1/s1. The molecular weight excluding hydrogens is 404 g/mol. The Morgan fingerprint density at radius 2 is 1.45 bits per heavy atom. The van der Waals surface area contributed by atoms with Crippen LogP contribution in [0.3, 0.4) is 0 Å².